The van der Waals surface area contributed by atoms with E-state index in [-0.39, 0.29) is 46.2 Å². The van der Waals surface area contributed by atoms with Gasteiger partial charge in [0.1, 0.15) is 23.4 Å². The van der Waals surface area contributed by atoms with Gasteiger partial charge >= 0.3 is 0 Å². The van der Waals surface area contributed by atoms with Crippen LogP contribution in [-0.4, -0.2) is 60.4 Å². The molecule has 0 amide bonds. The van der Waals surface area contributed by atoms with Crippen molar-refractivity contribution < 1.29 is 32.8 Å². The van der Waals surface area contributed by atoms with Gasteiger partial charge in [-0.3, -0.25) is 19.3 Å². The summed E-state index contributed by atoms with van der Waals surface area (Å²) in [4.78, 5) is 52.5. The van der Waals surface area contributed by atoms with Crippen LogP contribution in [0.2, 0.25) is 23.3 Å². The van der Waals surface area contributed by atoms with Crippen LogP contribution in [0.25, 0.3) is 0 Å². The molecule has 2 aromatic heterocycles. The van der Waals surface area contributed by atoms with E-state index in [9.17, 15) is 4.79 Å². The molecule has 1 unspecified atom stereocenters. The van der Waals surface area contributed by atoms with Gasteiger partial charge < -0.3 is 18.4 Å². The first-order valence-corrected chi connectivity index (χ1v) is 21.9. The number of carbonyl (C=O) groups is 3. The first-order valence-electron chi connectivity index (χ1n) is 17.8. The molecule has 3 aliphatic carbocycles. The molecule has 2 aromatic carbocycles. The number of benzene rings is 2. The lowest BCUT2D eigenvalue weighted by molar-refractivity contribution is -0.151. The molecule has 0 aliphatic heterocycles. The summed E-state index contributed by atoms with van der Waals surface area (Å²) in [5, 5.41) is 3.88. The highest BCUT2D eigenvalue weighted by molar-refractivity contribution is 9.10. The molecule has 0 bridgehead atoms. The number of rotatable bonds is 9. The summed E-state index contributed by atoms with van der Waals surface area (Å²) in [7, 11) is 0.857. The number of hydrogen-bond donors (Lipinski definition) is 0. The summed E-state index contributed by atoms with van der Waals surface area (Å²) in [6, 6.07) is 18.4. The molecule has 3 aliphatic rings. The number of fused-ring (bicyclic) bond motifs is 4. The molecule has 13 heteroatoms. The monoisotopic (exact) mass is 819 g/mol. The van der Waals surface area contributed by atoms with Crippen LogP contribution < -0.4 is 9.47 Å². The number of halogens is 2. The van der Waals surface area contributed by atoms with Gasteiger partial charge in [0.25, 0.3) is 5.88 Å². The predicted molar refractivity (Wildman–Crippen MR) is 205 cm³/mol. The molecule has 10 nitrogen and oxygen atoms in total. The summed E-state index contributed by atoms with van der Waals surface area (Å²) in [6.07, 6.45) is 0.653. The zero-order valence-corrected chi connectivity index (χ0v) is 34.2. The molecule has 0 saturated heterocycles. The van der Waals surface area contributed by atoms with Crippen molar-refractivity contribution in [2.75, 3.05) is 14.1 Å². The second kappa shape index (κ2) is 13.9. The fourth-order valence-electron chi connectivity index (χ4n) is 7.91. The number of pyridine rings is 1. The van der Waals surface area contributed by atoms with Crippen molar-refractivity contribution in [2.45, 2.75) is 76.6 Å². The molecule has 278 valence electrons. The van der Waals surface area contributed by atoms with E-state index in [0.717, 1.165) is 11.1 Å². The lowest BCUT2D eigenvalue weighted by atomic mass is 9.54. The quantitative estimate of drug-likeness (QED) is 0.0924. The van der Waals surface area contributed by atoms with Gasteiger partial charge in [-0.2, -0.15) is 0 Å². The van der Waals surface area contributed by atoms with E-state index in [4.69, 9.17) is 30.0 Å². The van der Waals surface area contributed by atoms with Gasteiger partial charge in [0, 0.05) is 5.92 Å². The van der Waals surface area contributed by atoms with Crippen molar-refractivity contribution in [1.29, 1.82) is 0 Å². The molecule has 0 spiro atoms. The zero-order chi connectivity index (χ0) is 38.0. The Morgan fingerprint density at radius 3 is 2.15 bits per heavy atom. The van der Waals surface area contributed by atoms with Crippen molar-refractivity contribution in [2.24, 2.45) is 17.8 Å². The molecule has 53 heavy (non-hydrogen) atoms. The topological polar surface area (TPSA) is 121 Å². The summed E-state index contributed by atoms with van der Waals surface area (Å²) in [6.45, 7) is 10.5. The van der Waals surface area contributed by atoms with E-state index in [1.165, 1.54) is 0 Å². The minimum Gasteiger partial charge on any atom is -0.485 e. The average molecular weight is 821 g/mol. The lowest BCUT2D eigenvalue weighted by Gasteiger charge is -2.56. The normalized spacial score (nSPS) is 24.0. The van der Waals surface area contributed by atoms with Gasteiger partial charge in [-0.1, -0.05) is 93.0 Å². The van der Waals surface area contributed by atoms with Crippen LogP contribution in [0.5, 0.6) is 11.6 Å². The Morgan fingerprint density at radius 1 is 0.962 bits per heavy atom. The molecular weight excluding hydrogens is 778 g/mol. The number of Topliss-reactive ketones (excluding diaryl/α,β-unsaturated/α-hetero) is 3. The van der Waals surface area contributed by atoms with Crippen molar-refractivity contribution in [3.63, 3.8) is 0 Å². The molecule has 5 atom stereocenters. The van der Waals surface area contributed by atoms with Crippen molar-refractivity contribution >= 4 is 53.2 Å². The van der Waals surface area contributed by atoms with Crippen LogP contribution in [0.3, 0.4) is 0 Å². The third kappa shape index (κ3) is 6.30. The molecule has 1 saturated carbocycles. The Hall–Kier alpha value is -3.68. The summed E-state index contributed by atoms with van der Waals surface area (Å²) >= 11 is 10.2. The first-order chi connectivity index (χ1) is 25.1. The SMILES string of the molecule is CN(C)[C@@H]1c2onc(OCc3ccccc3)c2C(=O)[C@@]2(O[Si](C)(C)C(C)(C)C)C(=O)C3C(=O)c4c(c(Br)nc(Cl)c4OCc4ccccc4)C[C@H]3C[C@@H]12. The Labute approximate surface area is 323 Å². The van der Waals surface area contributed by atoms with Crippen LogP contribution in [0.4, 0.5) is 0 Å². The summed E-state index contributed by atoms with van der Waals surface area (Å²) in [5.74, 6) is -3.53. The largest absolute Gasteiger partial charge is 0.485 e. The Morgan fingerprint density at radius 2 is 1.57 bits per heavy atom. The maximum atomic E-state index is 15.6. The molecule has 0 radical (unpaired) electrons. The van der Waals surface area contributed by atoms with Crippen LogP contribution in [0, 0.1) is 17.8 Å². The van der Waals surface area contributed by atoms with Crippen LogP contribution >= 0.6 is 27.5 Å². The van der Waals surface area contributed by atoms with Gasteiger partial charge in [0.15, 0.2) is 42.1 Å². The minimum absolute atomic E-state index is 0.00228. The van der Waals surface area contributed by atoms with Crippen LogP contribution in [-0.2, 0) is 28.9 Å². The maximum Gasteiger partial charge on any atom is 0.265 e. The zero-order valence-electron chi connectivity index (χ0n) is 30.9. The highest BCUT2D eigenvalue weighted by atomic mass is 79.9. The molecule has 1 fully saturated rings. The second-order valence-electron chi connectivity index (χ2n) is 16.0. The fraction of sp³-hybridized carbons (Fsp3) is 0.425. The highest BCUT2D eigenvalue weighted by Crippen LogP contribution is 2.59. The number of nitrogens with zero attached hydrogens (tertiary/aromatic N) is 3. The number of hydrogen-bond acceptors (Lipinski definition) is 10. The minimum atomic E-state index is -2.90. The van der Waals surface area contributed by atoms with E-state index < -0.39 is 55.1 Å². The van der Waals surface area contributed by atoms with E-state index in [2.05, 4.69) is 46.8 Å². The third-order valence-corrected chi connectivity index (χ3v) is 16.8. The van der Waals surface area contributed by atoms with Gasteiger partial charge in [0.2, 0.25) is 5.78 Å². The molecule has 7 rings (SSSR count). The standard InChI is InChI=1S/C40H43BrClN3O7Si/c1-39(2,3)53(6,7)52-40-26(30(45(4)5)32-29(35(40)48)38(44-51-32)50-21-23-16-12-9-13-17-23)19-24-18-25-28(31(46)27(24)34(40)47)33(37(42)43-36(25)41)49-20-22-14-10-8-11-15-22/h8-17,24,26-27,30H,18-21H2,1-7H3/t24-,26-,27?,30-,40-/m0/s1. The van der Waals surface area contributed by atoms with E-state index in [1.54, 1.807) is 0 Å². The Bertz CT molecular complexity index is 2080. The fourth-order valence-corrected chi connectivity index (χ4v) is 10.2. The average Bonchev–Trinajstić information content (AvgIpc) is 3.52. The summed E-state index contributed by atoms with van der Waals surface area (Å²) < 4.78 is 26.0. The maximum absolute atomic E-state index is 15.6. The Kier molecular flexibility index (Phi) is 9.85. The number of ether oxygens (including phenoxy) is 2. The highest BCUT2D eigenvalue weighted by Gasteiger charge is 2.70. The molecular formula is C40H43BrClN3O7Si. The van der Waals surface area contributed by atoms with Gasteiger partial charge in [-0.15, -0.1) is 0 Å². The van der Waals surface area contributed by atoms with Gasteiger partial charge in [-0.05, 0) is 88.8 Å². The third-order valence-electron chi connectivity index (χ3n) is 11.5. The van der Waals surface area contributed by atoms with Crippen molar-refractivity contribution in [3.05, 3.63) is 104 Å². The number of aromatic nitrogens is 2. The second-order valence-corrected chi connectivity index (χ2v) is 21.8. The van der Waals surface area contributed by atoms with Crippen molar-refractivity contribution in [3.8, 4) is 11.6 Å². The van der Waals surface area contributed by atoms with Gasteiger partial charge in [0.05, 0.1) is 17.5 Å². The van der Waals surface area contributed by atoms with Gasteiger partial charge in [-0.25, -0.2) is 4.98 Å². The molecule has 0 N–H and O–H groups in total. The Balaban J connectivity index is 1.37. The van der Waals surface area contributed by atoms with E-state index in [1.807, 2.05) is 92.8 Å². The van der Waals surface area contributed by atoms with Crippen LogP contribution in [0.1, 0.15) is 76.4 Å². The summed E-state index contributed by atoms with van der Waals surface area (Å²) in [5.41, 5.74) is 0.621. The van der Waals surface area contributed by atoms with E-state index in [0.29, 0.717) is 28.8 Å². The number of ketones is 3. The first kappa shape index (κ1) is 37.6. The smallest absolute Gasteiger partial charge is 0.265 e. The predicted octanol–water partition coefficient (Wildman–Crippen LogP) is 8.46. The molecule has 4 aromatic rings. The van der Waals surface area contributed by atoms with Crippen LogP contribution in [0.15, 0.2) is 69.8 Å². The molecule has 2 heterocycles. The number of carbonyl (C=O) groups excluding carboxylic acids is 3. The van der Waals surface area contributed by atoms with E-state index >= 15 is 9.59 Å². The lowest BCUT2D eigenvalue weighted by Crippen LogP contribution is -2.70. The van der Waals surface area contributed by atoms with Crippen molar-refractivity contribution in [1.82, 2.24) is 15.0 Å².